The largest absolute Gasteiger partial charge is 0.330 e. The molecule has 0 bridgehead atoms. The Hall–Kier alpha value is -0.130. The van der Waals surface area contributed by atoms with Crippen LogP contribution in [0.15, 0.2) is 0 Å². The van der Waals surface area contributed by atoms with Crippen LogP contribution in [0.3, 0.4) is 0 Å². The summed E-state index contributed by atoms with van der Waals surface area (Å²) in [6.07, 6.45) is 1.50. The second-order valence-corrected chi connectivity index (χ2v) is 7.11. The third-order valence-electron chi connectivity index (χ3n) is 2.49. The van der Waals surface area contributed by atoms with Crippen molar-refractivity contribution in [2.75, 3.05) is 25.4 Å². The van der Waals surface area contributed by atoms with E-state index >= 15 is 0 Å². The number of rotatable bonds is 8. The van der Waals surface area contributed by atoms with Gasteiger partial charge in [0, 0.05) is 13.1 Å². The number of hydrogen-bond donors (Lipinski definition) is 1. The Morgan fingerprint density at radius 1 is 1.19 bits per heavy atom. The number of hydrogen-bond acceptors (Lipinski definition) is 3. The van der Waals surface area contributed by atoms with Crippen molar-refractivity contribution >= 4 is 10.0 Å². The van der Waals surface area contributed by atoms with E-state index in [0.717, 1.165) is 6.42 Å². The Labute approximate surface area is 100 Å². The molecule has 0 aromatic heterocycles. The van der Waals surface area contributed by atoms with Crippen molar-refractivity contribution in [1.82, 2.24) is 4.31 Å². The molecule has 0 fully saturated rings. The molecule has 0 heterocycles. The van der Waals surface area contributed by atoms with E-state index in [1.165, 1.54) is 0 Å². The third-order valence-corrected chi connectivity index (χ3v) is 4.51. The summed E-state index contributed by atoms with van der Waals surface area (Å²) in [5, 5.41) is 0. The van der Waals surface area contributed by atoms with Crippen molar-refractivity contribution in [3.63, 3.8) is 0 Å². The summed E-state index contributed by atoms with van der Waals surface area (Å²) in [7, 11) is -3.10. The van der Waals surface area contributed by atoms with Gasteiger partial charge in [-0.15, -0.1) is 0 Å². The molecule has 2 N–H and O–H groups in total. The molecular weight excluding hydrogens is 224 g/mol. The summed E-state index contributed by atoms with van der Waals surface area (Å²) >= 11 is 0. The molecule has 0 aromatic rings. The molecule has 0 aliphatic heterocycles. The maximum absolute atomic E-state index is 12.0. The van der Waals surface area contributed by atoms with Gasteiger partial charge in [0.25, 0.3) is 0 Å². The number of nitrogens with zero attached hydrogens (tertiary/aromatic N) is 1. The minimum atomic E-state index is -3.10. The maximum atomic E-state index is 12.0. The van der Waals surface area contributed by atoms with Gasteiger partial charge in [0.2, 0.25) is 10.0 Å². The third kappa shape index (κ3) is 5.27. The van der Waals surface area contributed by atoms with Crippen molar-refractivity contribution < 1.29 is 8.42 Å². The monoisotopic (exact) mass is 250 g/mol. The molecule has 0 aliphatic rings. The van der Waals surface area contributed by atoms with E-state index in [1.807, 2.05) is 27.7 Å². The summed E-state index contributed by atoms with van der Waals surface area (Å²) in [4.78, 5) is 0. The SMILES string of the molecule is CCCN(CC(C)(C)CN)S(=O)(=O)CCC. The Balaban J connectivity index is 4.74. The molecule has 0 unspecified atom stereocenters. The zero-order valence-electron chi connectivity index (χ0n) is 11.0. The second kappa shape index (κ2) is 6.57. The molecule has 98 valence electrons. The lowest BCUT2D eigenvalue weighted by atomic mass is 9.94. The highest BCUT2D eigenvalue weighted by Crippen LogP contribution is 2.18. The van der Waals surface area contributed by atoms with Crippen LogP contribution >= 0.6 is 0 Å². The lowest BCUT2D eigenvalue weighted by Crippen LogP contribution is -2.43. The highest BCUT2D eigenvalue weighted by Gasteiger charge is 2.27. The summed E-state index contributed by atoms with van der Waals surface area (Å²) in [5.74, 6) is 0.230. The molecule has 0 aliphatic carbocycles. The first-order valence-electron chi connectivity index (χ1n) is 5.97. The summed E-state index contributed by atoms with van der Waals surface area (Å²) in [6, 6.07) is 0. The van der Waals surface area contributed by atoms with Crippen LogP contribution in [0.2, 0.25) is 0 Å². The standard InChI is InChI=1S/C11H26N2O2S/c1-5-7-13(10-11(3,4)9-12)16(14,15)8-6-2/h5-10,12H2,1-4H3. The van der Waals surface area contributed by atoms with Crippen LogP contribution in [0.25, 0.3) is 0 Å². The molecule has 0 saturated heterocycles. The molecule has 4 nitrogen and oxygen atoms in total. The van der Waals surface area contributed by atoms with E-state index < -0.39 is 10.0 Å². The lowest BCUT2D eigenvalue weighted by Gasteiger charge is -2.30. The molecule has 0 radical (unpaired) electrons. The van der Waals surface area contributed by atoms with Gasteiger partial charge in [-0.25, -0.2) is 12.7 Å². The average molecular weight is 250 g/mol. The van der Waals surface area contributed by atoms with Gasteiger partial charge in [-0.3, -0.25) is 0 Å². The predicted molar refractivity (Wildman–Crippen MR) is 68.8 cm³/mol. The Morgan fingerprint density at radius 3 is 2.12 bits per heavy atom. The average Bonchev–Trinajstić information content (AvgIpc) is 2.17. The first-order valence-corrected chi connectivity index (χ1v) is 7.58. The molecule has 5 heteroatoms. The molecule has 0 saturated carbocycles. The lowest BCUT2D eigenvalue weighted by molar-refractivity contribution is 0.266. The van der Waals surface area contributed by atoms with Gasteiger partial charge in [0.1, 0.15) is 0 Å². The quantitative estimate of drug-likeness (QED) is 0.708. The predicted octanol–water partition coefficient (Wildman–Crippen LogP) is 1.42. The summed E-state index contributed by atoms with van der Waals surface area (Å²) < 4.78 is 25.6. The second-order valence-electron chi connectivity index (χ2n) is 5.02. The minimum absolute atomic E-state index is 0.157. The van der Waals surface area contributed by atoms with Gasteiger partial charge in [-0.1, -0.05) is 27.7 Å². The van der Waals surface area contributed by atoms with Crippen LogP contribution in [0.5, 0.6) is 0 Å². The van der Waals surface area contributed by atoms with Crippen molar-refractivity contribution in [3.8, 4) is 0 Å². The number of nitrogens with two attached hydrogens (primary N) is 1. The van der Waals surface area contributed by atoms with E-state index in [-0.39, 0.29) is 11.2 Å². The molecular formula is C11H26N2O2S. The van der Waals surface area contributed by atoms with Gasteiger partial charge in [-0.2, -0.15) is 0 Å². The van der Waals surface area contributed by atoms with E-state index in [2.05, 4.69) is 0 Å². The normalized spacial score (nSPS) is 13.4. The van der Waals surface area contributed by atoms with Crippen LogP contribution < -0.4 is 5.73 Å². The molecule has 0 aromatic carbocycles. The molecule has 0 atom stereocenters. The Morgan fingerprint density at radius 2 is 1.75 bits per heavy atom. The van der Waals surface area contributed by atoms with Crippen LogP contribution in [0, 0.1) is 5.41 Å². The maximum Gasteiger partial charge on any atom is 0.214 e. The van der Waals surface area contributed by atoms with Crippen molar-refractivity contribution in [2.45, 2.75) is 40.5 Å². The van der Waals surface area contributed by atoms with Gasteiger partial charge in [-0.05, 0) is 24.8 Å². The first kappa shape index (κ1) is 15.9. The van der Waals surface area contributed by atoms with Crippen molar-refractivity contribution in [2.24, 2.45) is 11.1 Å². The van der Waals surface area contributed by atoms with Gasteiger partial charge in [0.05, 0.1) is 5.75 Å². The van der Waals surface area contributed by atoms with Crippen molar-refractivity contribution in [1.29, 1.82) is 0 Å². The fraction of sp³-hybridized carbons (Fsp3) is 1.00. The Bertz CT molecular complexity index is 286. The topological polar surface area (TPSA) is 63.4 Å². The van der Waals surface area contributed by atoms with Crippen LogP contribution in [-0.4, -0.2) is 38.1 Å². The highest BCUT2D eigenvalue weighted by molar-refractivity contribution is 7.89. The van der Waals surface area contributed by atoms with E-state index in [9.17, 15) is 8.42 Å². The van der Waals surface area contributed by atoms with Crippen LogP contribution in [-0.2, 0) is 10.0 Å². The summed E-state index contributed by atoms with van der Waals surface area (Å²) in [6.45, 7) is 9.47. The van der Waals surface area contributed by atoms with E-state index in [0.29, 0.717) is 26.1 Å². The first-order chi connectivity index (χ1) is 7.29. The minimum Gasteiger partial charge on any atom is -0.330 e. The fourth-order valence-corrected chi connectivity index (χ4v) is 3.28. The van der Waals surface area contributed by atoms with Crippen LogP contribution in [0.4, 0.5) is 0 Å². The number of sulfonamides is 1. The van der Waals surface area contributed by atoms with E-state index in [4.69, 9.17) is 5.73 Å². The molecule has 0 amide bonds. The van der Waals surface area contributed by atoms with Crippen molar-refractivity contribution in [3.05, 3.63) is 0 Å². The summed E-state index contributed by atoms with van der Waals surface area (Å²) in [5.41, 5.74) is 5.49. The smallest absolute Gasteiger partial charge is 0.214 e. The van der Waals surface area contributed by atoms with Gasteiger partial charge >= 0.3 is 0 Å². The zero-order chi connectivity index (χ0) is 12.8. The van der Waals surface area contributed by atoms with Gasteiger partial charge in [0.15, 0.2) is 0 Å². The molecule has 16 heavy (non-hydrogen) atoms. The molecule has 0 spiro atoms. The van der Waals surface area contributed by atoms with Gasteiger partial charge < -0.3 is 5.73 Å². The van der Waals surface area contributed by atoms with E-state index in [1.54, 1.807) is 4.31 Å². The van der Waals surface area contributed by atoms with Crippen LogP contribution in [0.1, 0.15) is 40.5 Å². The Kier molecular flexibility index (Phi) is 6.51. The highest BCUT2D eigenvalue weighted by atomic mass is 32.2. The fourth-order valence-electron chi connectivity index (χ4n) is 1.49. The zero-order valence-corrected chi connectivity index (χ0v) is 11.8. The molecule has 0 rings (SSSR count).